The first-order chi connectivity index (χ1) is 22.4. The van der Waals surface area contributed by atoms with Gasteiger partial charge in [0.2, 0.25) is 0 Å². The molecule has 1 aromatic carbocycles. The second-order valence-corrected chi connectivity index (χ2v) is 20.0. The van der Waals surface area contributed by atoms with Gasteiger partial charge in [-0.2, -0.15) is 0 Å². The summed E-state index contributed by atoms with van der Waals surface area (Å²) in [5.41, 5.74) is 1.32. The number of carbonyl (C=O) groups excluding carboxylic acids is 2. The van der Waals surface area contributed by atoms with E-state index in [9.17, 15) is 14.7 Å². The van der Waals surface area contributed by atoms with Gasteiger partial charge in [-0.25, -0.2) is 4.79 Å². The van der Waals surface area contributed by atoms with E-state index >= 15 is 0 Å². The highest BCUT2D eigenvalue weighted by Crippen LogP contribution is 2.52. The van der Waals surface area contributed by atoms with E-state index < -0.39 is 43.7 Å². The van der Waals surface area contributed by atoms with Gasteiger partial charge in [0.25, 0.3) is 0 Å². The summed E-state index contributed by atoms with van der Waals surface area (Å²) in [5, 5.41) is 10.9. The number of esters is 2. The summed E-state index contributed by atoms with van der Waals surface area (Å²) in [5.74, 6) is -2.04. The Morgan fingerprint density at radius 3 is 2.35 bits per heavy atom. The van der Waals surface area contributed by atoms with E-state index in [4.69, 9.17) is 32.8 Å². The number of ether oxygens (including phenoxy) is 6. The van der Waals surface area contributed by atoms with Crippen molar-refractivity contribution in [2.24, 2.45) is 5.41 Å². The maximum atomic E-state index is 12.3. The van der Waals surface area contributed by atoms with Crippen LogP contribution in [0, 0.1) is 5.41 Å². The SMILES string of the molecule is CCOC(=O)C[C@H](O)C[C@@H]1C[C@H](O[Si](C)(C)C(C)(C)C)C(C)(C)[C@@](C[C@@H]2C/C(=C\C(=O)OC)C[C@H](COCc3ccccc3)O2)(OC)O1. The number of benzene rings is 1. The fourth-order valence-electron chi connectivity index (χ4n) is 6.41. The largest absolute Gasteiger partial charge is 0.466 e. The number of aliphatic hydroxyl groups excluding tert-OH is 1. The summed E-state index contributed by atoms with van der Waals surface area (Å²) in [4.78, 5) is 24.5. The molecule has 11 heteroatoms. The summed E-state index contributed by atoms with van der Waals surface area (Å²) >= 11 is 0. The molecule has 1 N–H and O–H groups in total. The highest BCUT2D eigenvalue weighted by molar-refractivity contribution is 6.74. The van der Waals surface area contributed by atoms with E-state index in [0.29, 0.717) is 38.9 Å². The molecule has 0 bridgehead atoms. The molecular weight excluding hydrogens is 632 g/mol. The quantitative estimate of drug-likeness (QED) is 0.124. The van der Waals surface area contributed by atoms with Gasteiger partial charge in [0, 0.05) is 31.4 Å². The van der Waals surface area contributed by atoms with Crippen molar-refractivity contribution < 1.29 is 47.5 Å². The number of rotatable bonds is 15. The molecule has 0 aliphatic carbocycles. The van der Waals surface area contributed by atoms with Gasteiger partial charge in [0.15, 0.2) is 14.1 Å². The van der Waals surface area contributed by atoms with Crippen LogP contribution >= 0.6 is 0 Å². The highest BCUT2D eigenvalue weighted by Gasteiger charge is 2.59. The summed E-state index contributed by atoms with van der Waals surface area (Å²) in [7, 11) is 0.746. The van der Waals surface area contributed by atoms with E-state index in [0.717, 1.165) is 11.1 Å². The van der Waals surface area contributed by atoms with Gasteiger partial charge in [0.1, 0.15) is 0 Å². The van der Waals surface area contributed by atoms with E-state index in [1.54, 1.807) is 20.1 Å². The molecule has 0 unspecified atom stereocenters. The first kappa shape index (κ1) is 40.3. The van der Waals surface area contributed by atoms with E-state index in [2.05, 4.69) is 47.7 Å². The fourth-order valence-corrected chi connectivity index (χ4v) is 7.86. The summed E-state index contributed by atoms with van der Waals surface area (Å²) in [6.45, 7) is 18.1. The van der Waals surface area contributed by atoms with Gasteiger partial charge < -0.3 is 38.0 Å². The van der Waals surface area contributed by atoms with E-state index in [1.807, 2.05) is 30.3 Å². The molecule has 0 amide bonds. The van der Waals surface area contributed by atoms with Gasteiger partial charge in [0.05, 0.1) is 63.9 Å². The Morgan fingerprint density at radius 2 is 1.75 bits per heavy atom. The smallest absolute Gasteiger partial charge is 0.330 e. The maximum absolute atomic E-state index is 12.3. The van der Waals surface area contributed by atoms with Crippen LogP contribution in [-0.2, 0) is 49.0 Å². The van der Waals surface area contributed by atoms with Crippen molar-refractivity contribution in [1.29, 1.82) is 0 Å². The average Bonchev–Trinajstić information content (AvgIpc) is 2.99. The van der Waals surface area contributed by atoms with E-state index in [-0.39, 0.29) is 42.8 Å². The number of methoxy groups -OCH3 is 2. The minimum absolute atomic E-state index is 0.0386. The van der Waals surface area contributed by atoms with Gasteiger partial charge in [-0.15, -0.1) is 0 Å². The summed E-state index contributed by atoms with van der Waals surface area (Å²) in [6.07, 6.45) is 1.15. The van der Waals surface area contributed by atoms with Crippen LogP contribution in [0.1, 0.15) is 85.6 Å². The number of aliphatic hydroxyl groups is 1. The molecule has 2 saturated heterocycles. The Labute approximate surface area is 288 Å². The fraction of sp³-hybridized carbons (Fsp3) is 0.730. The predicted octanol–water partition coefficient (Wildman–Crippen LogP) is 6.49. The van der Waals surface area contributed by atoms with Gasteiger partial charge >= 0.3 is 11.9 Å². The standard InChI is InChI=1S/C37H60O10Si/c1-11-44-34(40)21-28(38)20-29-22-32(47-48(9,10)35(2,3)4)36(5,6)37(42-8,46-29)23-30-17-27(19-33(39)41-7)18-31(45-30)25-43-24-26-15-13-12-14-16-26/h12-16,19,28-32,38H,11,17-18,20-25H2,1-10H3/b27-19+/t28-,29-,30+,31-,32+,37+/m1/s1. The number of hydrogen-bond acceptors (Lipinski definition) is 10. The first-order valence-corrected chi connectivity index (χ1v) is 20.1. The Bertz CT molecular complexity index is 1210. The Balaban J connectivity index is 1.91. The van der Waals surface area contributed by atoms with Crippen molar-refractivity contribution in [3.63, 3.8) is 0 Å². The van der Waals surface area contributed by atoms with Gasteiger partial charge in [-0.3, -0.25) is 4.79 Å². The zero-order chi connectivity index (χ0) is 35.8. The molecule has 272 valence electrons. The van der Waals surface area contributed by atoms with Crippen molar-refractivity contribution >= 4 is 20.3 Å². The molecule has 2 heterocycles. The molecule has 0 spiro atoms. The Morgan fingerprint density at radius 1 is 1.08 bits per heavy atom. The minimum Gasteiger partial charge on any atom is -0.466 e. The van der Waals surface area contributed by atoms with Gasteiger partial charge in [-0.05, 0) is 49.9 Å². The molecule has 6 atom stereocenters. The third kappa shape index (κ3) is 10.7. The molecule has 2 fully saturated rings. The molecule has 0 aromatic heterocycles. The Kier molecular flexibility index (Phi) is 14.4. The zero-order valence-corrected chi connectivity index (χ0v) is 31.8. The van der Waals surface area contributed by atoms with Crippen molar-refractivity contribution in [3.05, 3.63) is 47.5 Å². The number of carbonyl (C=O) groups is 2. The maximum Gasteiger partial charge on any atom is 0.330 e. The number of hydrogen-bond donors (Lipinski definition) is 1. The second kappa shape index (κ2) is 17.2. The molecule has 48 heavy (non-hydrogen) atoms. The lowest BCUT2D eigenvalue weighted by atomic mass is 9.70. The molecule has 0 saturated carbocycles. The minimum atomic E-state index is -2.26. The Hall–Kier alpha value is -2.12. The van der Waals surface area contributed by atoms with E-state index in [1.165, 1.54) is 7.11 Å². The third-order valence-corrected chi connectivity index (χ3v) is 14.7. The molecule has 2 aliphatic rings. The summed E-state index contributed by atoms with van der Waals surface area (Å²) < 4.78 is 43.1. The predicted molar refractivity (Wildman–Crippen MR) is 186 cm³/mol. The molecule has 2 aliphatic heterocycles. The van der Waals surface area contributed by atoms with Crippen LogP contribution in [0.4, 0.5) is 0 Å². The van der Waals surface area contributed by atoms with Crippen molar-refractivity contribution in [3.8, 4) is 0 Å². The van der Waals surface area contributed by atoms with Gasteiger partial charge in [-0.1, -0.05) is 70.5 Å². The molecule has 3 rings (SSSR count). The zero-order valence-electron chi connectivity index (χ0n) is 30.8. The van der Waals surface area contributed by atoms with Crippen LogP contribution in [0.3, 0.4) is 0 Å². The normalized spacial score (nSPS) is 27.8. The van der Waals surface area contributed by atoms with Crippen LogP contribution in [0.25, 0.3) is 0 Å². The summed E-state index contributed by atoms with van der Waals surface area (Å²) in [6, 6.07) is 9.95. The monoisotopic (exact) mass is 692 g/mol. The van der Waals surface area contributed by atoms with Crippen LogP contribution in [0.5, 0.6) is 0 Å². The van der Waals surface area contributed by atoms with Crippen LogP contribution in [0.15, 0.2) is 42.0 Å². The van der Waals surface area contributed by atoms with Crippen LogP contribution in [0.2, 0.25) is 18.1 Å². The van der Waals surface area contributed by atoms with Crippen molar-refractivity contribution in [2.45, 2.75) is 141 Å². The second-order valence-electron chi connectivity index (χ2n) is 15.2. The van der Waals surface area contributed by atoms with Crippen molar-refractivity contribution in [1.82, 2.24) is 0 Å². The lowest BCUT2D eigenvalue weighted by Crippen LogP contribution is -2.65. The molecule has 1 aromatic rings. The lowest BCUT2D eigenvalue weighted by molar-refractivity contribution is -0.356. The van der Waals surface area contributed by atoms with Crippen molar-refractivity contribution in [2.75, 3.05) is 27.4 Å². The molecule has 10 nitrogen and oxygen atoms in total. The lowest BCUT2D eigenvalue weighted by Gasteiger charge is -2.58. The molecular formula is C37H60O10Si. The van der Waals surface area contributed by atoms with Crippen LogP contribution < -0.4 is 0 Å². The first-order valence-electron chi connectivity index (χ1n) is 17.2. The topological polar surface area (TPSA) is 119 Å². The average molecular weight is 693 g/mol. The van der Waals surface area contributed by atoms with Crippen LogP contribution in [-0.4, -0.2) is 89.1 Å². The molecule has 0 radical (unpaired) electrons. The third-order valence-electron chi connectivity index (χ3n) is 10.2. The highest BCUT2D eigenvalue weighted by atomic mass is 28.4.